The standard InChI is InChI=1S/C15H21N3O/c1-4-11-17-15(16-5-2)18-12-10-13-8-6-7-9-14(13)19-3/h1,6-9H,5,10-12H2,2-3H3,(H2,16,17,18). The Kier molecular flexibility index (Phi) is 6.96. The minimum Gasteiger partial charge on any atom is -0.496 e. The number of ether oxygens (including phenoxy) is 1. The Morgan fingerprint density at radius 1 is 1.37 bits per heavy atom. The summed E-state index contributed by atoms with van der Waals surface area (Å²) in [5, 5.41) is 6.20. The van der Waals surface area contributed by atoms with Crippen molar-refractivity contribution in [3.63, 3.8) is 0 Å². The molecule has 0 aromatic heterocycles. The lowest BCUT2D eigenvalue weighted by atomic mass is 10.1. The molecule has 4 nitrogen and oxygen atoms in total. The van der Waals surface area contributed by atoms with Gasteiger partial charge >= 0.3 is 0 Å². The van der Waals surface area contributed by atoms with Crippen LogP contribution in [-0.4, -0.2) is 32.7 Å². The molecule has 0 saturated carbocycles. The summed E-state index contributed by atoms with van der Waals surface area (Å²) in [6.07, 6.45) is 6.05. The van der Waals surface area contributed by atoms with E-state index in [1.807, 2.05) is 25.1 Å². The van der Waals surface area contributed by atoms with Gasteiger partial charge in [0.2, 0.25) is 0 Å². The van der Waals surface area contributed by atoms with Crippen LogP contribution in [-0.2, 0) is 6.42 Å². The second kappa shape index (κ2) is 8.87. The molecule has 4 heteroatoms. The van der Waals surface area contributed by atoms with E-state index in [0.29, 0.717) is 13.1 Å². The summed E-state index contributed by atoms with van der Waals surface area (Å²) in [4.78, 5) is 4.46. The van der Waals surface area contributed by atoms with Crippen molar-refractivity contribution in [3.8, 4) is 18.1 Å². The average molecular weight is 259 g/mol. The van der Waals surface area contributed by atoms with E-state index in [-0.39, 0.29) is 0 Å². The Hall–Kier alpha value is -2.15. The van der Waals surface area contributed by atoms with Gasteiger partial charge in [-0.3, -0.25) is 4.99 Å². The molecule has 1 rings (SSSR count). The van der Waals surface area contributed by atoms with Crippen molar-refractivity contribution in [1.29, 1.82) is 0 Å². The third-order valence-corrected chi connectivity index (χ3v) is 2.55. The topological polar surface area (TPSA) is 45.7 Å². The van der Waals surface area contributed by atoms with Crippen LogP contribution in [0.3, 0.4) is 0 Å². The highest BCUT2D eigenvalue weighted by Crippen LogP contribution is 2.17. The zero-order valence-corrected chi connectivity index (χ0v) is 11.6. The second-order valence-electron chi connectivity index (χ2n) is 3.88. The molecule has 0 heterocycles. The third-order valence-electron chi connectivity index (χ3n) is 2.55. The summed E-state index contributed by atoms with van der Waals surface area (Å²) in [6, 6.07) is 7.98. The maximum Gasteiger partial charge on any atom is 0.192 e. The van der Waals surface area contributed by atoms with E-state index in [1.54, 1.807) is 7.11 Å². The van der Waals surface area contributed by atoms with Crippen molar-refractivity contribution in [2.24, 2.45) is 4.99 Å². The lowest BCUT2D eigenvalue weighted by Crippen LogP contribution is -2.37. The number of guanidine groups is 1. The van der Waals surface area contributed by atoms with Crippen LogP contribution < -0.4 is 15.4 Å². The molecule has 0 aliphatic rings. The van der Waals surface area contributed by atoms with Gasteiger partial charge in [0.25, 0.3) is 0 Å². The lowest BCUT2D eigenvalue weighted by Gasteiger charge is -2.10. The zero-order chi connectivity index (χ0) is 13.9. The lowest BCUT2D eigenvalue weighted by molar-refractivity contribution is 0.410. The van der Waals surface area contributed by atoms with Crippen LogP contribution in [0.25, 0.3) is 0 Å². The van der Waals surface area contributed by atoms with Crippen LogP contribution in [0, 0.1) is 12.3 Å². The molecule has 0 amide bonds. The van der Waals surface area contributed by atoms with Crippen LogP contribution in [0.4, 0.5) is 0 Å². The van der Waals surface area contributed by atoms with Crippen molar-refractivity contribution >= 4 is 5.96 Å². The van der Waals surface area contributed by atoms with Gasteiger partial charge < -0.3 is 15.4 Å². The fourth-order valence-corrected chi connectivity index (χ4v) is 1.67. The molecule has 0 saturated heterocycles. The van der Waals surface area contributed by atoms with Crippen LogP contribution in [0.2, 0.25) is 0 Å². The van der Waals surface area contributed by atoms with Crippen molar-refractivity contribution in [3.05, 3.63) is 29.8 Å². The third kappa shape index (κ3) is 5.35. The number of hydrogen-bond acceptors (Lipinski definition) is 2. The molecule has 0 spiro atoms. The number of aliphatic imine (C=N–C) groups is 1. The first-order chi connectivity index (χ1) is 9.31. The van der Waals surface area contributed by atoms with Gasteiger partial charge in [-0.1, -0.05) is 24.1 Å². The van der Waals surface area contributed by atoms with Crippen LogP contribution >= 0.6 is 0 Å². The molecule has 0 unspecified atom stereocenters. The van der Waals surface area contributed by atoms with Gasteiger partial charge in [-0.2, -0.15) is 0 Å². The molecule has 2 N–H and O–H groups in total. The smallest absolute Gasteiger partial charge is 0.192 e. The van der Waals surface area contributed by atoms with E-state index >= 15 is 0 Å². The minimum atomic E-state index is 0.473. The average Bonchev–Trinajstić information content (AvgIpc) is 2.45. The van der Waals surface area contributed by atoms with Crippen LogP contribution in [0.15, 0.2) is 29.3 Å². The molecule has 0 fully saturated rings. The molecule has 0 aliphatic heterocycles. The van der Waals surface area contributed by atoms with Crippen molar-refractivity contribution in [2.75, 3.05) is 26.7 Å². The first kappa shape index (κ1) is 14.9. The minimum absolute atomic E-state index is 0.473. The fourth-order valence-electron chi connectivity index (χ4n) is 1.67. The van der Waals surface area contributed by atoms with Crippen LogP contribution in [0.1, 0.15) is 12.5 Å². The first-order valence-corrected chi connectivity index (χ1v) is 6.39. The quantitative estimate of drug-likeness (QED) is 0.461. The summed E-state index contributed by atoms with van der Waals surface area (Å²) in [6.45, 7) is 3.99. The molecule has 1 aromatic rings. The predicted molar refractivity (Wildman–Crippen MR) is 79.5 cm³/mol. The molecule has 0 aliphatic carbocycles. The van der Waals surface area contributed by atoms with E-state index < -0.39 is 0 Å². The molecule has 1 aromatic carbocycles. The van der Waals surface area contributed by atoms with E-state index in [1.165, 1.54) is 0 Å². The number of nitrogens with one attached hydrogen (secondary N) is 2. The van der Waals surface area contributed by atoms with E-state index in [0.717, 1.165) is 30.2 Å². The fraction of sp³-hybridized carbons (Fsp3) is 0.400. The Morgan fingerprint density at radius 3 is 2.84 bits per heavy atom. The van der Waals surface area contributed by atoms with E-state index in [4.69, 9.17) is 11.2 Å². The highest BCUT2D eigenvalue weighted by molar-refractivity contribution is 5.79. The Labute approximate surface area is 115 Å². The molecule has 19 heavy (non-hydrogen) atoms. The number of terminal acetylenes is 1. The summed E-state index contributed by atoms with van der Waals surface area (Å²) < 4.78 is 5.31. The number of benzene rings is 1. The zero-order valence-electron chi connectivity index (χ0n) is 11.6. The molecule has 0 bridgehead atoms. The largest absolute Gasteiger partial charge is 0.496 e. The molecule has 0 atom stereocenters. The monoisotopic (exact) mass is 259 g/mol. The number of hydrogen-bond donors (Lipinski definition) is 2. The second-order valence-corrected chi connectivity index (χ2v) is 3.88. The van der Waals surface area contributed by atoms with Gasteiger partial charge in [0.1, 0.15) is 5.75 Å². The van der Waals surface area contributed by atoms with Crippen molar-refractivity contribution in [1.82, 2.24) is 10.6 Å². The number of rotatable bonds is 6. The normalized spacial score (nSPS) is 10.7. The van der Waals surface area contributed by atoms with E-state index in [9.17, 15) is 0 Å². The van der Waals surface area contributed by atoms with Crippen LogP contribution in [0.5, 0.6) is 5.75 Å². The summed E-state index contributed by atoms with van der Waals surface area (Å²) >= 11 is 0. The van der Waals surface area contributed by atoms with Crippen molar-refractivity contribution < 1.29 is 4.74 Å². The SMILES string of the molecule is C#CCNC(=NCCc1ccccc1OC)NCC. The van der Waals surface area contributed by atoms with Gasteiger partial charge in [-0.05, 0) is 25.0 Å². The number of methoxy groups -OCH3 is 1. The van der Waals surface area contributed by atoms with Gasteiger partial charge in [-0.15, -0.1) is 6.42 Å². The summed E-state index contributed by atoms with van der Waals surface area (Å²) in [7, 11) is 1.68. The predicted octanol–water partition coefficient (Wildman–Crippen LogP) is 1.43. The Bertz CT molecular complexity index is 449. The van der Waals surface area contributed by atoms with Gasteiger partial charge in [0.05, 0.1) is 13.7 Å². The Balaban J connectivity index is 2.56. The summed E-state index contributed by atoms with van der Waals surface area (Å²) in [5.41, 5.74) is 1.15. The van der Waals surface area contributed by atoms with Gasteiger partial charge in [0.15, 0.2) is 5.96 Å². The maximum absolute atomic E-state index is 5.31. The Morgan fingerprint density at radius 2 is 2.16 bits per heavy atom. The highest BCUT2D eigenvalue weighted by Gasteiger charge is 2.01. The molecule has 102 valence electrons. The van der Waals surface area contributed by atoms with Gasteiger partial charge in [-0.25, -0.2) is 0 Å². The number of para-hydroxylation sites is 1. The number of nitrogens with zero attached hydrogens (tertiary/aromatic N) is 1. The maximum atomic E-state index is 5.31. The molecule has 0 radical (unpaired) electrons. The van der Waals surface area contributed by atoms with E-state index in [2.05, 4.69) is 27.6 Å². The van der Waals surface area contributed by atoms with Crippen molar-refractivity contribution in [2.45, 2.75) is 13.3 Å². The first-order valence-electron chi connectivity index (χ1n) is 6.39. The van der Waals surface area contributed by atoms with Gasteiger partial charge in [0, 0.05) is 13.1 Å². The summed E-state index contributed by atoms with van der Waals surface area (Å²) in [5.74, 6) is 4.18. The molecular weight excluding hydrogens is 238 g/mol. The highest BCUT2D eigenvalue weighted by atomic mass is 16.5. The molecular formula is C15H21N3O.